The SMILES string of the molecule is C=CCNC(=S)[C@H](C(=O)c1cccc(Br)c1)[n+]1ccc(CCC)cc1. The summed E-state index contributed by atoms with van der Waals surface area (Å²) in [7, 11) is 0. The highest BCUT2D eigenvalue weighted by atomic mass is 79.9. The molecule has 0 radical (unpaired) electrons. The molecular formula is C20H22BrN2OS+. The van der Waals surface area contributed by atoms with E-state index in [1.54, 1.807) is 6.08 Å². The number of pyridine rings is 1. The average molecular weight is 418 g/mol. The topological polar surface area (TPSA) is 33.0 Å². The Labute approximate surface area is 162 Å². The lowest BCUT2D eigenvalue weighted by Gasteiger charge is -2.14. The Hall–Kier alpha value is -1.85. The number of hydrogen-bond acceptors (Lipinski definition) is 2. The summed E-state index contributed by atoms with van der Waals surface area (Å²) in [5.74, 6) is -0.0453. The van der Waals surface area contributed by atoms with Crippen LogP contribution < -0.4 is 9.88 Å². The lowest BCUT2D eigenvalue weighted by Crippen LogP contribution is -2.51. The van der Waals surface area contributed by atoms with Gasteiger partial charge in [-0.05, 0) is 24.1 Å². The standard InChI is InChI=1S/C20H21BrN2OS/c1-3-6-15-9-12-23(13-10-15)18(20(25)22-11-4-2)19(24)16-7-5-8-17(21)14-16/h4-5,7-10,12-14,18H,2-3,6,11H2,1H3/p+1/t18-/m0/s1. The molecule has 2 rings (SSSR count). The largest absolute Gasteiger partial charge is 0.370 e. The summed E-state index contributed by atoms with van der Waals surface area (Å²) in [4.78, 5) is 13.6. The van der Waals surface area contributed by atoms with Crippen LogP contribution in [0.1, 0.15) is 35.3 Å². The maximum atomic E-state index is 13.1. The minimum Gasteiger partial charge on any atom is -0.370 e. The summed E-state index contributed by atoms with van der Waals surface area (Å²) in [6.07, 6.45) is 7.68. The van der Waals surface area contributed by atoms with E-state index >= 15 is 0 Å². The normalized spacial score (nSPS) is 11.6. The van der Waals surface area contributed by atoms with Gasteiger partial charge in [-0.25, -0.2) is 0 Å². The third kappa shape index (κ3) is 5.31. The molecule has 1 atom stereocenters. The van der Waals surface area contributed by atoms with Crippen LogP contribution in [0.3, 0.4) is 0 Å². The van der Waals surface area contributed by atoms with Gasteiger partial charge in [-0.2, -0.15) is 4.57 Å². The summed E-state index contributed by atoms with van der Waals surface area (Å²) in [6, 6.07) is 10.9. The fourth-order valence-corrected chi connectivity index (χ4v) is 3.27. The summed E-state index contributed by atoms with van der Waals surface area (Å²) in [5, 5.41) is 3.10. The number of halogens is 1. The molecule has 0 unspecified atom stereocenters. The van der Waals surface area contributed by atoms with Gasteiger partial charge in [0.05, 0.1) is 0 Å². The van der Waals surface area contributed by atoms with Crippen LogP contribution in [-0.4, -0.2) is 17.3 Å². The Morgan fingerprint density at radius 1 is 1.36 bits per heavy atom. The number of carbonyl (C=O) groups is 1. The van der Waals surface area contributed by atoms with Gasteiger partial charge in [0.25, 0.3) is 6.04 Å². The molecule has 1 aromatic carbocycles. The number of aromatic nitrogens is 1. The Morgan fingerprint density at radius 2 is 2.08 bits per heavy atom. The number of nitrogens with one attached hydrogen (secondary N) is 1. The molecule has 0 saturated carbocycles. The number of ketones is 1. The maximum Gasteiger partial charge on any atom is 0.270 e. The first-order chi connectivity index (χ1) is 12.1. The van der Waals surface area contributed by atoms with Gasteiger partial charge in [0, 0.05) is 28.7 Å². The van der Waals surface area contributed by atoms with E-state index in [2.05, 4.69) is 34.7 Å². The minimum absolute atomic E-state index is 0.0453. The van der Waals surface area contributed by atoms with Crippen molar-refractivity contribution in [2.24, 2.45) is 0 Å². The van der Waals surface area contributed by atoms with Gasteiger partial charge in [0.1, 0.15) is 0 Å². The zero-order chi connectivity index (χ0) is 18.2. The van der Waals surface area contributed by atoms with E-state index in [4.69, 9.17) is 12.2 Å². The van der Waals surface area contributed by atoms with E-state index in [0.717, 1.165) is 17.3 Å². The van der Waals surface area contributed by atoms with Gasteiger partial charge < -0.3 is 5.32 Å². The van der Waals surface area contributed by atoms with Gasteiger partial charge in [-0.15, -0.1) is 6.58 Å². The van der Waals surface area contributed by atoms with Crippen LogP contribution >= 0.6 is 28.1 Å². The Balaban J connectivity index is 2.36. The monoisotopic (exact) mass is 417 g/mol. The fraction of sp³-hybridized carbons (Fsp3) is 0.250. The quantitative estimate of drug-likeness (QED) is 0.302. The average Bonchev–Trinajstić information content (AvgIpc) is 2.61. The number of nitrogens with zero attached hydrogens (tertiary/aromatic N) is 1. The van der Waals surface area contributed by atoms with Gasteiger partial charge in [0.15, 0.2) is 17.4 Å². The first kappa shape index (κ1) is 19.5. The summed E-state index contributed by atoms with van der Waals surface area (Å²) < 4.78 is 2.73. The number of carbonyl (C=O) groups excluding carboxylic acids is 1. The molecule has 1 N–H and O–H groups in total. The molecule has 25 heavy (non-hydrogen) atoms. The smallest absolute Gasteiger partial charge is 0.270 e. The fourth-order valence-electron chi connectivity index (χ4n) is 2.56. The third-order valence-corrected chi connectivity index (χ3v) is 4.65. The zero-order valence-electron chi connectivity index (χ0n) is 14.2. The van der Waals surface area contributed by atoms with Crippen molar-refractivity contribution in [1.29, 1.82) is 0 Å². The van der Waals surface area contributed by atoms with Crippen LogP contribution in [0.4, 0.5) is 0 Å². The molecule has 0 aliphatic rings. The molecule has 0 saturated heterocycles. The van der Waals surface area contributed by atoms with Crippen molar-refractivity contribution in [3.8, 4) is 0 Å². The molecule has 1 aromatic heterocycles. The highest BCUT2D eigenvalue weighted by Gasteiger charge is 2.33. The Morgan fingerprint density at radius 3 is 2.68 bits per heavy atom. The van der Waals surface area contributed by atoms with Crippen molar-refractivity contribution in [2.75, 3.05) is 6.54 Å². The number of rotatable bonds is 8. The molecule has 5 heteroatoms. The summed E-state index contributed by atoms with van der Waals surface area (Å²) in [6.45, 7) is 6.36. The molecule has 0 amide bonds. The van der Waals surface area contributed by atoms with Crippen molar-refractivity contribution in [2.45, 2.75) is 25.8 Å². The van der Waals surface area contributed by atoms with E-state index < -0.39 is 6.04 Å². The maximum absolute atomic E-state index is 13.1. The zero-order valence-corrected chi connectivity index (χ0v) is 16.6. The van der Waals surface area contributed by atoms with Gasteiger partial charge >= 0.3 is 0 Å². The van der Waals surface area contributed by atoms with Gasteiger partial charge in [-0.1, -0.05) is 59.7 Å². The first-order valence-electron chi connectivity index (χ1n) is 8.25. The summed E-state index contributed by atoms with van der Waals surface area (Å²) >= 11 is 8.92. The predicted octanol–water partition coefficient (Wildman–Crippen LogP) is 4.22. The van der Waals surface area contributed by atoms with E-state index in [1.165, 1.54) is 5.56 Å². The molecule has 130 valence electrons. The number of aryl methyl sites for hydroxylation is 1. The van der Waals surface area contributed by atoms with E-state index in [-0.39, 0.29) is 5.78 Å². The lowest BCUT2D eigenvalue weighted by atomic mass is 10.0. The van der Waals surface area contributed by atoms with Crippen molar-refractivity contribution < 1.29 is 9.36 Å². The number of thiocarbonyl (C=S) groups is 1. The highest BCUT2D eigenvalue weighted by molar-refractivity contribution is 9.10. The van der Waals surface area contributed by atoms with E-state index in [1.807, 2.05) is 53.4 Å². The summed E-state index contributed by atoms with van der Waals surface area (Å²) in [5.41, 5.74) is 1.87. The van der Waals surface area contributed by atoms with Gasteiger partial charge in [-0.3, -0.25) is 4.79 Å². The molecule has 0 aliphatic heterocycles. The molecule has 0 bridgehead atoms. The van der Waals surface area contributed by atoms with E-state index in [9.17, 15) is 4.79 Å². The number of Topliss-reactive ketones (excluding diaryl/α,β-unsaturated/α-hetero) is 1. The van der Waals surface area contributed by atoms with Crippen molar-refractivity contribution in [3.05, 3.63) is 77.0 Å². The second-order valence-corrected chi connectivity index (χ2v) is 7.07. The number of hydrogen-bond donors (Lipinski definition) is 1. The van der Waals surface area contributed by atoms with Crippen molar-refractivity contribution >= 4 is 38.9 Å². The van der Waals surface area contributed by atoms with Crippen LogP contribution in [0.5, 0.6) is 0 Å². The van der Waals surface area contributed by atoms with E-state index in [0.29, 0.717) is 17.1 Å². The van der Waals surface area contributed by atoms with Crippen molar-refractivity contribution in [3.63, 3.8) is 0 Å². The third-order valence-electron chi connectivity index (χ3n) is 3.78. The van der Waals surface area contributed by atoms with Gasteiger partial charge in [0.2, 0.25) is 5.78 Å². The van der Waals surface area contributed by atoms with Crippen LogP contribution in [-0.2, 0) is 6.42 Å². The lowest BCUT2D eigenvalue weighted by molar-refractivity contribution is -0.692. The molecule has 0 fully saturated rings. The van der Waals surface area contributed by atoms with Crippen LogP contribution in [0, 0.1) is 0 Å². The Bertz CT molecular complexity index is 759. The molecule has 0 aliphatic carbocycles. The molecular weight excluding hydrogens is 396 g/mol. The number of benzene rings is 1. The van der Waals surface area contributed by atoms with Crippen LogP contribution in [0.25, 0.3) is 0 Å². The second-order valence-electron chi connectivity index (χ2n) is 5.71. The Kier molecular flexibility index (Phi) is 7.47. The minimum atomic E-state index is -0.583. The molecule has 0 spiro atoms. The second kappa shape index (κ2) is 9.59. The molecule has 1 heterocycles. The van der Waals surface area contributed by atoms with Crippen LogP contribution in [0.2, 0.25) is 0 Å². The van der Waals surface area contributed by atoms with Crippen molar-refractivity contribution in [1.82, 2.24) is 5.32 Å². The highest BCUT2D eigenvalue weighted by Crippen LogP contribution is 2.16. The predicted molar refractivity (Wildman–Crippen MR) is 109 cm³/mol. The molecule has 3 nitrogen and oxygen atoms in total. The molecule has 2 aromatic rings. The van der Waals surface area contributed by atoms with Crippen LogP contribution in [0.15, 0.2) is 65.9 Å². The first-order valence-corrected chi connectivity index (χ1v) is 9.45.